The molecule has 0 aliphatic rings. The van der Waals surface area contributed by atoms with Gasteiger partial charge in [-0.2, -0.15) is 0 Å². The molecule has 0 saturated heterocycles. The highest BCUT2D eigenvalue weighted by molar-refractivity contribution is 7.90. The minimum atomic E-state index is -4.80. The Hall–Kier alpha value is -3.07. The molecule has 1 aromatic heterocycles. The summed E-state index contributed by atoms with van der Waals surface area (Å²) < 4.78 is 64.8. The Kier molecular flexibility index (Phi) is 6.02. The topological polar surface area (TPSA) is 68.3 Å². The van der Waals surface area contributed by atoms with Crippen LogP contribution in [-0.4, -0.2) is 26.0 Å². The fraction of sp³-hybridized carbons (Fsp3) is 0.190. The maximum atomic E-state index is 12.3. The van der Waals surface area contributed by atoms with E-state index in [0.29, 0.717) is 11.4 Å². The van der Waals surface area contributed by atoms with Gasteiger partial charge in [-0.25, -0.2) is 13.4 Å². The first-order valence-electron chi connectivity index (χ1n) is 8.86. The molecule has 0 spiro atoms. The van der Waals surface area contributed by atoms with Gasteiger partial charge in [0, 0.05) is 6.26 Å². The summed E-state index contributed by atoms with van der Waals surface area (Å²) in [6, 6.07) is 16.1. The molecule has 0 aliphatic heterocycles. The lowest BCUT2D eigenvalue weighted by Crippen LogP contribution is -2.17. The summed E-state index contributed by atoms with van der Waals surface area (Å²) in [5.41, 5.74) is 2.55. The molecule has 3 rings (SSSR count). The van der Waals surface area contributed by atoms with E-state index >= 15 is 0 Å². The number of benzene rings is 2. The zero-order valence-corrected chi connectivity index (χ0v) is 17.0. The van der Waals surface area contributed by atoms with E-state index in [-0.39, 0.29) is 4.90 Å². The molecule has 5 nitrogen and oxygen atoms in total. The lowest BCUT2D eigenvalue weighted by Gasteiger charge is -2.21. The molecular formula is C21H19F3N2O3S. The quantitative estimate of drug-likeness (QED) is 0.596. The van der Waals surface area contributed by atoms with Crippen LogP contribution in [0.3, 0.4) is 0 Å². The van der Waals surface area contributed by atoms with Crippen molar-refractivity contribution in [2.75, 3.05) is 11.6 Å². The summed E-state index contributed by atoms with van der Waals surface area (Å²) in [5.74, 6) is -0.126. The number of nitrogens with zero attached hydrogens (tertiary/aromatic N) is 1. The predicted octanol–water partition coefficient (Wildman–Crippen LogP) is 4.89. The van der Waals surface area contributed by atoms with Crippen molar-refractivity contribution >= 4 is 15.7 Å². The largest absolute Gasteiger partial charge is 0.573 e. The van der Waals surface area contributed by atoms with Crippen LogP contribution in [0.15, 0.2) is 71.8 Å². The zero-order valence-electron chi connectivity index (χ0n) is 16.1. The number of rotatable bonds is 6. The first-order chi connectivity index (χ1) is 14.0. The van der Waals surface area contributed by atoms with Crippen molar-refractivity contribution in [2.45, 2.75) is 24.2 Å². The van der Waals surface area contributed by atoms with Crippen LogP contribution < -0.4 is 10.1 Å². The smallest absolute Gasteiger partial charge is 0.404 e. The van der Waals surface area contributed by atoms with E-state index in [1.807, 2.05) is 31.2 Å². The Morgan fingerprint density at radius 1 is 1.00 bits per heavy atom. The van der Waals surface area contributed by atoms with Crippen molar-refractivity contribution < 1.29 is 26.3 Å². The number of nitrogens with one attached hydrogen (secondary N) is 1. The Balaban J connectivity index is 1.96. The molecule has 1 atom stereocenters. The van der Waals surface area contributed by atoms with E-state index in [2.05, 4.69) is 15.0 Å². The van der Waals surface area contributed by atoms with E-state index < -0.39 is 28.0 Å². The maximum Gasteiger partial charge on any atom is 0.573 e. The molecule has 0 fully saturated rings. The molecule has 158 valence electrons. The van der Waals surface area contributed by atoms with Crippen molar-refractivity contribution in [3.05, 3.63) is 83.6 Å². The number of aromatic nitrogens is 1. The molecule has 0 aliphatic carbocycles. The number of alkyl halides is 3. The number of ether oxygens (including phenoxy) is 1. The lowest BCUT2D eigenvalue weighted by atomic mass is 9.98. The number of hydrogen-bond acceptors (Lipinski definition) is 5. The lowest BCUT2D eigenvalue weighted by molar-refractivity contribution is -0.274. The first kappa shape index (κ1) is 21.6. The van der Waals surface area contributed by atoms with Gasteiger partial charge in [-0.3, -0.25) is 0 Å². The fourth-order valence-electron chi connectivity index (χ4n) is 2.85. The van der Waals surface area contributed by atoms with E-state index in [4.69, 9.17) is 0 Å². The second-order valence-corrected chi connectivity index (χ2v) is 8.78. The predicted molar refractivity (Wildman–Crippen MR) is 107 cm³/mol. The standard InChI is InChI=1S/C21H19F3N2O3S/c1-14-6-8-15(9-7-14)20(16-4-3-5-18(12-16)30(2,27)28)26-19-11-10-17(13-25-19)29-21(22,23)24/h3-13,20H,1-2H3,(H,25,26). The third-order valence-electron chi connectivity index (χ3n) is 4.29. The maximum absolute atomic E-state index is 12.3. The van der Waals surface area contributed by atoms with Gasteiger partial charge in [0.15, 0.2) is 9.84 Å². The van der Waals surface area contributed by atoms with Gasteiger partial charge in [0.25, 0.3) is 0 Å². The van der Waals surface area contributed by atoms with Crippen molar-refractivity contribution in [3.8, 4) is 5.75 Å². The van der Waals surface area contributed by atoms with E-state index in [1.54, 1.807) is 18.2 Å². The van der Waals surface area contributed by atoms with E-state index in [1.165, 1.54) is 12.1 Å². The second-order valence-electron chi connectivity index (χ2n) is 6.76. The molecule has 1 N–H and O–H groups in total. The third kappa shape index (κ3) is 5.73. The average Bonchev–Trinajstić information content (AvgIpc) is 2.66. The summed E-state index contributed by atoms with van der Waals surface area (Å²) in [4.78, 5) is 4.16. The zero-order chi connectivity index (χ0) is 21.9. The summed E-state index contributed by atoms with van der Waals surface area (Å²) >= 11 is 0. The number of pyridine rings is 1. The highest BCUT2D eigenvalue weighted by Crippen LogP contribution is 2.29. The van der Waals surface area contributed by atoms with Crippen molar-refractivity contribution in [1.82, 2.24) is 4.98 Å². The van der Waals surface area contributed by atoms with Gasteiger partial charge >= 0.3 is 6.36 Å². The number of sulfone groups is 1. The molecule has 2 aromatic carbocycles. The van der Waals surface area contributed by atoms with Crippen LogP contribution in [0.1, 0.15) is 22.7 Å². The van der Waals surface area contributed by atoms with E-state index in [0.717, 1.165) is 29.6 Å². The third-order valence-corrected chi connectivity index (χ3v) is 5.40. The van der Waals surface area contributed by atoms with Crippen LogP contribution in [0.5, 0.6) is 5.75 Å². The molecule has 0 amide bonds. The first-order valence-corrected chi connectivity index (χ1v) is 10.8. The number of aryl methyl sites for hydroxylation is 1. The van der Waals surface area contributed by atoms with Gasteiger partial charge in [0.1, 0.15) is 11.6 Å². The summed E-state index contributed by atoms with van der Waals surface area (Å²) in [5, 5.41) is 3.16. The summed E-state index contributed by atoms with van der Waals surface area (Å²) in [7, 11) is -3.41. The Morgan fingerprint density at radius 3 is 2.27 bits per heavy atom. The minimum Gasteiger partial charge on any atom is -0.404 e. The molecule has 30 heavy (non-hydrogen) atoms. The fourth-order valence-corrected chi connectivity index (χ4v) is 3.53. The summed E-state index contributed by atoms with van der Waals surface area (Å²) in [6.45, 7) is 1.94. The highest BCUT2D eigenvalue weighted by Gasteiger charge is 2.31. The SMILES string of the molecule is Cc1ccc(C(Nc2ccc(OC(F)(F)F)cn2)c2cccc(S(C)(=O)=O)c2)cc1. The molecule has 0 radical (unpaired) electrons. The van der Waals surface area contributed by atoms with Crippen LogP contribution in [-0.2, 0) is 9.84 Å². The molecule has 3 aromatic rings. The Morgan fingerprint density at radius 2 is 1.70 bits per heavy atom. The molecule has 1 unspecified atom stereocenters. The van der Waals surface area contributed by atoms with Crippen LogP contribution in [0.2, 0.25) is 0 Å². The van der Waals surface area contributed by atoms with Crippen LogP contribution >= 0.6 is 0 Å². The molecule has 9 heteroatoms. The van der Waals surface area contributed by atoms with Crippen molar-refractivity contribution in [2.24, 2.45) is 0 Å². The van der Waals surface area contributed by atoms with Crippen LogP contribution in [0.25, 0.3) is 0 Å². The van der Waals surface area contributed by atoms with Crippen LogP contribution in [0, 0.1) is 6.92 Å². The van der Waals surface area contributed by atoms with Gasteiger partial charge in [0.2, 0.25) is 0 Å². The van der Waals surface area contributed by atoms with Gasteiger partial charge in [-0.1, -0.05) is 42.0 Å². The van der Waals surface area contributed by atoms with Crippen molar-refractivity contribution in [3.63, 3.8) is 0 Å². The number of anilines is 1. The van der Waals surface area contributed by atoms with Gasteiger partial charge in [-0.05, 0) is 42.3 Å². The van der Waals surface area contributed by atoms with Crippen molar-refractivity contribution in [1.29, 1.82) is 0 Å². The molecule has 0 bridgehead atoms. The van der Waals surface area contributed by atoms with Crippen LogP contribution in [0.4, 0.5) is 19.0 Å². The average molecular weight is 436 g/mol. The van der Waals surface area contributed by atoms with E-state index in [9.17, 15) is 21.6 Å². The Bertz CT molecular complexity index is 1110. The normalized spacial score (nSPS) is 13.0. The van der Waals surface area contributed by atoms with Gasteiger partial charge in [-0.15, -0.1) is 13.2 Å². The van der Waals surface area contributed by atoms with Gasteiger partial charge in [0.05, 0.1) is 17.1 Å². The summed E-state index contributed by atoms with van der Waals surface area (Å²) in [6.07, 6.45) is -2.70. The monoisotopic (exact) mass is 436 g/mol. The minimum absolute atomic E-state index is 0.167. The number of hydrogen-bond donors (Lipinski definition) is 1. The van der Waals surface area contributed by atoms with Gasteiger partial charge < -0.3 is 10.1 Å². The molecule has 1 heterocycles. The number of halogens is 3. The Labute approximate surface area is 172 Å². The second kappa shape index (κ2) is 8.35. The molecular weight excluding hydrogens is 417 g/mol. The highest BCUT2D eigenvalue weighted by atomic mass is 32.2. The molecule has 0 saturated carbocycles.